The van der Waals surface area contributed by atoms with Gasteiger partial charge in [-0.2, -0.15) is 0 Å². The summed E-state index contributed by atoms with van der Waals surface area (Å²) in [7, 11) is 1.54. The maximum absolute atomic E-state index is 14.2. The summed E-state index contributed by atoms with van der Waals surface area (Å²) in [6, 6.07) is 5.02. The van der Waals surface area contributed by atoms with Crippen LogP contribution in [0.1, 0.15) is 51.0 Å². The molecule has 2 nitrogen and oxygen atoms in total. The van der Waals surface area contributed by atoms with Crippen LogP contribution in [0.5, 0.6) is 5.75 Å². The number of ether oxygens (including phenoxy) is 1. The van der Waals surface area contributed by atoms with E-state index in [1.165, 1.54) is 18.9 Å². The number of benzene rings is 1. The molecule has 1 aliphatic carbocycles. The van der Waals surface area contributed by atoms with Crippen molar-refractivity contribution in [3.63, 3.8) is 0 Å². The van der Waals surface area contributed by atoms with Gasteiger partial charge in [0.05, 0.1) is 7.11 Å². The van der Waals surface area contributed by atoms with E-state index < -0.39 is 5.54 Å². The summed E-state index contributed by atoms with van der Waals surface area (Å²) in [5.74, 6) is 1.07. The molecule has 0 radical (unpaired) electrons. The van der Waals surface area contributed by atoms with Crippen LogP contribution in [0.15, 0.2) is 18.2 Å². The highest BCUT2D eigenvalue weighted by molar-refractivity contribution is 5.33. The molecule has 19 heavy (non-hydrogen) atoms. The normalized spacial score (nSPS) is 27.3. The Labute approximate surface area is 115 Å². The summed E-state index contributed by atoms with van der Waals surface area (Å²) in [5.41, 5.74) is 6.59. The van der Waals surface area contributed by atoms with Crippen molar-refractivity contribution in [3.8, 4) is 5.75 Å². The molecule has 0 spiro atoms. The molecular formula is C16H24FNO. The minimum absolute atomic E-state index is 0.240. The number of rotatable bonds is 4. The molecule has 0 bridgehead atoms. The molecule has 1 aliphatic rings. The van der Waals surface area contributed by atoms with E-state index in [1.807, 2.05) is 0 Å². The summed E-state index contributed by atoms with van der Waals surface area (Å²) < 4.78 is 19.2. The van der Waals surface area contributed by atoms with Gasteiger partial charge >= 0.3 is 0 Å². The second-order valence-corrected chi connectivity index (χ2v) is 5.73. The average Bonchev–Trinajstić information content (AvgIpc) is 2.41. The van der Waals surface area contributed by atoms with Crippen LogP contribution < -0.4 is 10.5 Å². The van der Waals surface area contributed by atoms with Crippen molar-refractivity contribution < 1.29 is 9.13 Å². The van der Waals surface area contributed by atoms with E-state index >= 15 is 0 Å². The van der Waals surface area contributed by atoms with E-state index in [0.717, 1.165) is 31.6 Å². The Morgan fingerprint density at radius 1 is 1.37 bits per heavy atom. The SMILES string of the molecule is CCCC1CCC(N)(c2ccc(OC)cc2F)CC1. The fourth-order valence-electron chi connectivity index (χ4n) is 3.19. The Bertz CT molecular complexity index is 425. The molecule has 0 amide bonds. The summed E-state index contributed by atoms with van der Waals surface area (Å²) >= 11 is 0. The number of nitrogens with two attached hydrogens (primary N) is 1. The van der Waals surface area contributed by atoms with Crippen molar-refractivity contribution in [1.29, 1.82) is 0 Å². The Kier molecular flexibility index (Phi) is 4.46. The molecule has 0 saturated heterocycles. The Hall–Kier alpha value is -1.09. The molecule has 3 heteroatoms. The molecule has 2 N–H and O–H groups in total. The summed E-state index contributed by atoms with van der Waals surface area (Å²) in [4.78, 5) is 0. The summed E-state index contributed by atoms with van der Waals surface area (Å²) in [5, 5.41) is 0. The lowest BCUT2D eigenvalue weighted by molar-refractivity contribution is 0.221. The molecule has 0 aliphatic heterocycles. The van der Waals surface area contributed by atoms with Crippen molar-refractivity contribution in [2.24, 2.45) is 11.7 Å². The van der Waals surface area contributed by atoms with Crippen molar-refractivity contribution in [1.82, 2.24) is 0 Å². The molecule has 1 aromatic carbocycles. The largest absolute Gasteiger partial charge is 0.497 e. The first-order valence-electron chi connectivity index (χ1n) is 7.22. The number of hydrogen-bond donors (Lipinski definition) is 1. The maximum atomic E-state index is 14.2. The van der Waals surface area contributed by atoms with Gasteiger partial charge in [-0.3, -0.25) is 0 Å². The van der Waals surface area contributed by atoms with Crippen LogP contribution in [0.3, 0.4) is 0 Å². The van der Waals surface area contributed by atoms with E-state index in [1.54, 1.807) is 19.2 Å². The lowest BCUT2D eigenvalue weighted by atomic mass is 9.72. The molecule has 0 unspecified atom stereocenters. The van der Waals surface area contributed by atoms with Gasteiger partial charge in [0, 0.05) is 17.2 Å². The van der Waals surface area contributed by atoms with Crippen molar-refractivity contribution in [3.05, 3.63) is 29.6 Å². The highest BCUT2D eigenvalue weighted by atomic mass is 19.1. The van der Waals surface area contributed by atoms with Gasteiger partial charge in [0.2, 0.25) is 0 Å². The van der Waals surface area contributed by atoms with Crippen LogP contribution in [0.2, 0.25) is 0 Å². The maximum Gasteiger partial charge on any atom is 0.131 e. The number of methoxy groups -OCH3 is 1. The lowest BCUT2D eigenvalue weighted by Crippen LogP contribution is -2.41. The first kappa shape index (κ1) is 14.3. The molecule has 2 rings (SSSR count). The van der Waals surface area contributed by atoms with Crippen LogP contribution in [0, 0.1) is 11.7 Å². The van der Waals surface area contributed by atoms with Crippen LogP contribution in [-0.4, -0.2) is 7.11 Å². The smallest absolute Gasteiger partial charge is 0.131 e. The first-order valence-corrected chi connectivity index (χ1v) is 7.22. The fourth-order valence-corrected chi connectivity index (χ4v) is 3.19. The molecule has 1 fully saturated rings. The number of hydrogen-bond acceptors (Lipinski definition) is 2. The van der Waals surface area contributed by atoms with E-state index in [4.69, 9.17) is 10.5 Å². The molecular weight excluding hydrogens is 241 g/mol. The average molecular weight is 265 g/mol. The zero-order valence-electron chi connectivity index (χ0n) is 11.9. The van der Waals surface area contributed by atoms with Gasteiger partial charge in [0.15, 0.2) is 0 Å². The summed E-state index contributed by atoms with van der Waals surface area (Å²) in [6.07, 6.45) is 6.45. The second kappa shape index (κ2) is 5.91. The molecule has 1 saturated carbocycles. The predicted octanol–water partition coefficient (Wildman–Crippen LogP) is 3.98. The number of halogens is 1. The topological polar surface area (TPSA) is 35.2 Å². The molecule has 0 atom stereocenters. The van der Waals surface area contributed by atoms with Gasteiger partial charge in [-0.05, 0) is 37.7 Å². The van der Waals surface area contributed by atoms with E-state index in [0.29, 0.717) is 11.3 Å². The highest BCUT2D eigenvalue weighted by Crippen LogP contribution is 2.40. The zero-order chi connectivity index (χ0) is 13.9. The third kappa shape index (κ3) is 3.08. The quantitative estimate of drug-likeness (QED) is 0.893. The van der Waals surface area contributed by atoms with Gasteiger partial charge in [-0.25, -0.2) is 4.39 Å². The van der Waals surface area contributed by atoms with Gasteiger partial charge in [0.25, 0.3) is 0 Å². The van der Waals surface area contributed by atoms with E-state index in [9.17, 15) is 4.39 Å². The van der Waals surface area contributed by atoms with Crippen molar-refractivity contribution in [2.75, 3.05) is 7.11 Å². The Morgan fingerprint density at radius 3 is 2.58 bits per heavy atom. The van der Waals surface area contributed by atoms with Gasteiger partial charge < -0.3 is 10.5 Å². The van der Waals surface area contributed by atoms with Crippen LogP contribution in [0.4, 0.5) is 4.39 Å². The van der Waals surface area contributed by atoms with Gasteiger partial charge in [-0.1, -0.05) is 25.8 Å². The van der Waals surface area contributed by atoms with Gasteiger partial charge in [0.1, 0.15) is 11.6 Å². The van der Waals surface area contributed by atoms with Crippen molar-refractivity contribution >= 4 is 0 Å². The third-order valence-corrected chi connectivity index (χ3v) is 4.41. The third-order valence-electron chi connectivity index (χ3n) is 4.41. The monoisotopic (exact) mass is 265 g/mol. The highest BCUT2D eigenvalue weighted by Gasteiger charge is 2.34. The first-order chi connectivity index (χ1) is 9.09. The minimum atomic E-state index is -0.499. The van der Waals surface area contributed by atoms with Crippen LogP contribution in [-0.2, 0) is 5.54 Å². The fraction of sp³-hybridized carbons (Fsp3) is 0.625. The molecule has 0 heterocycles. The predicted molar refractivity (Wildman–Crippen MR) is 75.7 cm³/mol. The van der Waals surface area contributed by atoms with Crippen molar-refractivity contribution in [2.45, 2.75) is 51.0 Å². The van der Waals surface area contributed by atoms with Gasteiger partial charge in [-0.15, -0.1) is 0 Å². The van der Waals surface area contributed by atoms with E-state index in [-0.39, 0.29) is 5.82 Å². The second-order valence-electron chi connectivity index (χ2n) is 5.73. The minimum Gasteiger partial charge on any atom is -0.497 e. The Morgan fingerprint density at radius 2 is 2.05 bits per heavy atom. The molecule has 0 aromatic heterocycles. The molecule has 106 valence electrons. The van der Waals surface area contributed by atoms with Crippen LogP contribution in [0.25, 0.3) is 0 Å². The summed E-state index contributed by atoms with van der Waals surface area (Å²) in [6.45, 7) is 2.22. The Balaban J connectivity index is 2.13. The van der Waals surface area contributed by atoms with Crippen LogP contribution >= 0.6 is 0 Å². The standard InChI is InChI=1S/C16H24FNO/c1-3-4-12-7-9-16(18,10-8-12)14-6-5-13(19-2)11-15(14)17/h5-6,11-12H,3-4,7-10,18H2,1-2H3. The van der Waals surface area contributed by atoms with E-state index in [2.05, 4.69) is 6.92 Å². The molecule has 1 aromatic rings. The zero-order valence-corrected chi connectivity index (χ0v) is 11.9. The lowest BCUT2D eigenvalue weighted by Gasteiger charge is -2.37.